The van der Waals surface area contributed by atoms with Crippen molar-refractivity contribution in [2.24, 2.45) is 0 Å². The van der Waals surface area contributed by atoms with Crippen LogP contribution in [0.3, 0.4) is 0 Å². The minimum Gasteiger partial charge on any atom is -0.451 e. The van der Waals surface area contributed by atoms with Gasteiger partial charge in [0.1, 0.15) is 12.0 Å². The number of benzene rings is 1. The predicted octanol–water partition coefficient (Wildman–Crippen LogP) is 2.17. The van der Waals surface area contributed by atoms with Gasteiger partial charge in [0.15, 0.2) is 6.39 Å². The topological polar surface area (TPSA) is 55.1 Å². The number of anilines is 1. The van der Waals surface area contributed by atoms with Crippen LogP contribution in [0.15, 0.2) is 41.3 Å². The molecule has 2 aromatic rings. The van der Waals surface area contributed by atoms with Gasteiger partial charge in [0.2, 0.25) is 0 Å². The van der Waals surface area contributed by atoms with E-state index in [2.05, 4.69) is 10.3 Å². The van der Waals surface area contributed by atoms with Crippen LogP contribution in [0.2, 0.25) is 0 Å². The molecule has 2 heterocycles. The molecule has 1 amide bonds. The van der Waals surface area contributed by atoms with Crippen LogP contribution in [0.5, 0.6) is 0 Å². The Morgan fingerprint density at radius 2 is 2.19 bits per heavy atom. The van der Waals surface area contributed by atoms with Gasteiger partial charge in [-0.2, -0.15) is 0 Å². The summed E-state index contributed by atoms with van der Waals surface area (Å²) in [6, 6.07) is 7.56. The molecule has 0 saturated heterocycles. The lowest BCUT2D eigenvalue weighted by molar-refractivity contribution is -0.110. The molecule has 0 saturated carbocycles. The zero-order chi connectivity index (χ0) is 11.0. The van der Waals surface area contributed by atoms with Crippen LogP contribution in [0.4, 0.5) is 5.69 Å². The highest BCUT2D eigenvalue weighted by Gasteiger charge is 2.23. The monoisotopic (exact) mass is 212 g/mol. The second kappa shape index (κ2) is 3.34. The molecule has 3 rings (SSSR count). The maximum Gasteiger partial charge on any atom is 0.256 e. The van der Waals surface area contributed by atoms with Crippen molar-refractivity contribution < 1.29 is 9.21 Å². The van der Waals surface area contributed by atoms with E-state index in [9.17, 15) is 4.79 Å². The van der Waals surface area contributed by atoms with Gasteiger partial charge >= 0.3 is 0 Å². The number of nitrogens with zero attached hydrogens (tertiary/aromatic N) is 1. The van der Waals surface area contributed by atoms with E-state index in [-0.39, 0.29) is 5.91 Å². The van der Waals surface area contributed by atoms with E-state index < -0.39 is 0 Å². The minimum atomic E-state index is -0.107. The second-order valence-corrected chi connectivity index (χ2v) is 3.47. The summed E-state index contributed by atoms with van der Waals surface area (Å²) < 4.78 is 4.86. The van der Waals surface area contributed by atoms with Crippen LogP contribution in [0.1, 0.15) is 11.3 Å². The van der Waals surface area contributed by atoms with E-state index in [0.29, 0.717) is 11.3 Å². The van der Waals surface area contributed by atoms with Crippen molar-refractivity contribution in [3.8, 4) is 0 Å². The van der Waals surface area contributed by atoms with Gasteiger partial charge in [-0.05, 0) is 12.1 Å². The quantitative estimate of drug-likeness (QED) is 0.737. The molecule has 78 valence electrons. The zero-order valence-corrected chi connectivity index (χ0v) is 8.31. The third-order valence-electron chi connectivity index (χ3n) is 2.45. The number of oxazole rings is 1. The number of aromatic nitrogens is 1. The molecule has 4 nitrogen and oxygen atoms in total. The molecule has 1 N–H and O–H groups in total. The van der Waals surface area contributed by atoms with E-state index in [1.165, 1.54) is 12.7 Å². The first-order valence-electron chi connectivity index (χ1n) is 4.85. The Labute approximate surface area is 91.6 Å². The summed E-state index contributed by atoms with van der Waals surface area (Å²) in [5, 5.41) is 2.79. The fourth-order valence-corrected chi connectivity index (χ4v) is 1.72. The molecule has 0 unspecified atom stereocenters. The first-order valence-corrected chi connectivity index (χ1v) is 4.85. The van der Waals surface area contributed by atoms with E-state index in [1.807, 2.05) is 24.3 Å². The van der Waals surface area contributed by atoms with Gasteiger partial charge in [0, 0.05) is 11.3 Å². The molecule has 4 heteroatoms. The summed E-state index contributed by atoms with van der Waals surface area (Å²) in [7, 11) is 0. The molecule has 0 bridgehead atoms. The van der Waals surface area contributed by atoms with E-state index in [1.54, 1.807) is 6.08 Å². The Bertz CT molecular complexity index is 570. The Morgan fingerprint density at radius 1 is 1.31 bits per heavy atom. The van der Waals surface area contributed by atoms with E-state index in [0.717, 1.165) is 11.3 Å². The molecule has 0 radical (unpaired) electrons. The number of para-hydroxylation sites is 1. The van der Waals surface area contributed by atoms with Crippen molar-refractivity contribution in [3.05, 3.63) is 48.2 Å². The minimum absolute atomic E-state index is 0.107. The molecular formula is C12H8N2O2. The molecule has 1 aromatic carbocycles. The summed E-state index contributed by atoms with van der Waals surface area (Å²) in [6.45, 7) is 0. The van der Waals surface area contributed by atoms with Crippen LogP contribution >= 0.6 is 0 Å². The van der Waals surface area contributed by atoms with Crippen LogP contribution in [-0.4, -0.2) is 10.9 Å². The highest BCUT2D eigenvalue weighted by atomic mass is 16.3. The molecule has 0 aliphatic carbocycles. The number of hydrogen-bond acceptors (Lipinski definition) is 3. The van der Waals surface area contributed by atoms with E-state index in [4.69, 9.17) is 4.42 Å². The Balaban J connectivity index is 2.12. The van der Waals surface area contributed by atoms with Crippen molar-refractivity contribution in [1.82, 2.24) is 4.98 Å². The Morgan fingerprint density at radius 3 is 3.00 bits per heavy atom. The lowest BCUT2D eigenvalue weighted by Gasteiger charge is -1.95. The molecule has 1 aliphatic rings. The van der Waals surface area contributed by atoms with Crippen LogP contribution < -0.4 is 5.32 Å². The third-order valence-corrected chi connectivity index (χ3v) is 2.45. The standard InChI is InChI=1S/C12H8N2O2/c15-12-10(5-8-6-16-7-13-8)9-3-1-2-4-11(9)14-12/h1-7H,(H,14,15)/b10-5-. The molecule has 0 atom stereocenters. The average Bonchev–Trinajstić information content (AvgIpc) is 2.89. The lowest BCUT2D eigenvalue weighted by atomic mass is 10.1. The van der Waals surface area contributed by atoms with Crippen LogP contribution in [0, 0.1) is 0 Å². The molecule has 1 aliphatic heterocycles. The van der Waals surface area contributed by atoms with Gasteiger partial charge in [-0.1, -0.05) is 18.2 Å². The Hall–Kier alpha value is -2.36. The largest absolute Gasteiger partial charge is 0.451 e. The van der Waals surface area contributed by atoms with Crippen molar-refractivity contribution in [2.75, 3.05) is 5.32 Å². The highest BCUT2D eigenvalue weighted by molar-refractivity contribution is 6.34. The number of carbonyl (C=O) groups is 1. The first-order chi connectivity index (χ1) is 7.84. The van der Waals surface area contributed by atoms with Crippen LogP contribution in [0.25, 0.3) is 11.6 Å². The maximum absolute atomic E-state index is 11.7. The number of carbonyl (C=O) groups excluding carboxylic acids is 1. The van der Waals surface area contributed by atoms with Crippen molar-refractivity contribution >= 4 is 23.2 Å². The normalized spacial score (nSPS) is 16.2. The third kappa shape index (κ3) is 1.32. The van der Waals surface area contributed by atoms with E-state index >= 15 is 0 Å². The Kier molecular flexibility index (Phi) is 1.86. The molecule has 16 heavy (non-hydrogen) atoms. The van der Waals surface area contributed by atoms with Gasteiger partial charge in [0.05, 0.1) is 5.57 Å². The number of fused-ring (bicyclic) bond motifs is 1. The number of rotatable bonds is 1. The molecular weight excluding hydrogens is 204 g/mol. The van der Waals surface area contributed by atoms with Crippen molar-refractivity contribution in [1.29, 1.82) is 0 Å². The molecule has 1 aromatic heterocycles. The second-order valence-electron chi connectivity index (χ2n) is 3.47. The summed E-state index contributed by atoms with van der Waals surface area (Å²) in [6.07, 6.45) is 4.55. The predicted molar refractivity (Wildman–Crippen MR) is 59.4 cm³/mol. The van der Waals surface area contributed by atoms with Crippen molar-refractivity contribution in [2.45, 2.75) is 0 Å². The van der Waals surface area contributed by atoms with Crippen LogP contribution in [-0.2, 0) is 4.79 Å². The SMILES string of the molecule is O=C1Nc2ccccc2/C1=C/c1cocn1. The smallest absolute Gasteiger partial charge is 0.256 e. The summed E-state index contributed by atoms with van der Waals surface area (Å²) in [4.78, 5) is 15.7. The molecule has 0 spiro atoms. The van der Waals surface area contributed by atoms with Gasteiger partial charge in [-0.3, -0.25) is 4.79 Å². The number of nitrogens with one attached hydrogen (secondary N) is 1. The zero-order valence-electron chi connectivity index (χ0n) is 8.31. The lowest BCUT2D eigenvalue weighted by Crippen LogP contribution is -2.03. The van der Waals surface area contributed by atoms with Gasteiger partial charge in [-0.15, -0.1) is 0 Å². The summed E-state index contributed by atoms with van der Waals surface area (Å²) in [5.74, 6) is -0.107. The number of hydrogen-bond donors (Lipinski definition) is 1. The number of amides is 1. The van der Waals surface area contributed by atoms with Gasteiger partial charge < -0.3 is 9.73 Å². The first kappa shape index (κ1) is 8.91. The fourth-order valence-electron chi connectivity index (χ4n) is 1.72. The molecule has 0 fully saturated rings. The van der Waals surface area contributed by atoms with Gasteiger partial charge in [-0.25, -0.2) is 4.98 Å². The maximum atomic E-state index is 11.7. The average molecular weight is 212 g/mol. The fraction of sp³-hybridized carbons (Fsp3) is 0. The highest BCUT2D eigenvalue weighted by Crippen LogP contribution is 2.32. The summed E-state index contributed by atoms with van der Waals surface area (Å²) in [5.41, 5.74) is 2.99. The van der Waals surface area contributed by atoms with Gasteiger partial charge in [0.25, 0.3) is 5.91 Å². The summed E-state index contributed by atoms with van der Waals surface area (Å²) >= 11 is 0. The van der Waals surface area contributed by atoms with Crippen molar-refractivity contribution in [3.63, 3.8) is 0 Å².